The maximum atomic E-state index is 10.2. The maximum Gasteiger partial charge on any atom is 0.0800 e. The van der Waals surface area contributed by atoms with Crippen LogP contribution in [0.3, 0.4) is 0 Å². The molecule has 1 saturated carbocycles. The number of hydrogen-bond donors (Lipinski definition) is 2. The van der Waals surface area contributed by atoms with E-state index in [1.54, 1.807) is 0 Å². The lowest BCUT2D eigenvalue weighted by molar-refractivity contribution is -0.0309. The smallest absolute Gasteiger partial charge is 0.0800 e. The Bertz CT molecular complexity index is 147. The SMILES string of the molecule is CC(C)CC1(O)CCCCC1N. The van der Waals surface area contributed by atoms with Gasteiger partial charge in [0.05, 0.1) is 5.60 Å². The first-order valence-electron chi connectivity index (χ1n) is 5.02. The molecule has 0 heterocycles. The lowest BCUT2D eigenvalue weighted by Gasteiger charge is -2.39. The van der Waals surface area contributed by atoms with Gasteiger partial charge in [-0.05, 0) is 25.2 Å². The molecule has 2 nitrogen and oxygen atoms in total. The fourth-order valence-corrected chi connectivity index (χ4v) is 2.21. The Hall–Kier alpha value is -0.0800. The molecule has 0 spiro atoms. The van der Waals surface area contributed by atoms with Crippen molar-refractivity contribution in [3.05, 3.63) is 0 Å². The van der Waals surface area contributed by atoms with Crippen molar-refractivity contribution in [1.82, 2.24) is 0 Å². The van der Waals surface area contributed by atoms with Crippen molar-refractivity contribution >= 4 is 0 Å². The second-order valence-corrected chi connectivity index (χ2v) is 4.55. The van der Waals surface area contributed by atoms with Crippen molar-refractivity contribution in [3.63, 3.8) is 0 Å². The predicted octanol–water partition coefficient (Wildman–Crippen LogP) is 1.66. The predicted molar refractivity (Wildman–Crippen MR) is 50.8 cm³/mol. The average molecular weight is 171 g/mol. The van der Waals surface area contributed by atoms with Crippen LogP contribution in [0.5, 0.6) is 0 Å². The lowest BCUT2D eigenvalue weighted by atomic mass is 9.76. The van der Waals surface area contributed by atoms with Crippen molar-refractivity contribution in [3.8, 4) is 0 Å². The zero-order valence-corrected chi connectivity index (χ0v) is 8.21. The van der Waals surface area contributed by atoms with Gasteiger partial charge in [-0.25, -0.2) is 0 Å². The molecule has 1 aliphatic carbocycles. The third-order valence-corrected chi connectivity index (χ3v) is 2.83. The van der Waals surface area contributed by atoms with E-state index in [1.807, 2.05) is 0 Å². The van der Waals surface area contributed by atoms with Crippen LogP contribution in [0.1, 0.15) is 46.0 Å². The van der Waals surface area contributed by atoms with Gasteiger partial charge in [-0.1, -0.05) is 26.7 Å². The van der Waals surface area contributed by atoms with E-state index >= 15 is 0 Å². The van der Waals surface area contributed by atoms with E-state index in [-0.39, 0.29) is 6.04 Å². The monoisotopic (exact) mass is 171 g/mol. The van der Waals surface area contributed by atoms with E-state index in [4.69, 9.17) is 5.73 Å². The van der Waals surface area contributed by atoms with E-state index in [2.05, 4.69) is 13.8 Å². The van der Waals surface area contributed by atoms with Gasteiger partial charge in [-0.15, -0.1) is 0 Å². The van der Waals surface area contributed by atoms with Gasteiger partial charge in [0.25, 0.3) is 0 Å². The summed E-state index contributed by atoms with van der Waals surface area (Å²) in [6, 6.07) is 0.00801. The molecule has 0 aliphatic heterocycles. The van der Waals surface area contributed by atoms with Crippen LogP contribution < -0.4 is 5.73 Å². The Morgan fingerprint density at radius 2 is 2.17 bits per heavy atom. The first-order valence-corrected chi connectivity index (χ1v) is 5.02. The van der Waals surface area contributed by atoms with E-state index in [0.29, 0.717) is 5.92 Å². The summed E-state index contributed by atoms with van der Waals surface area (Å²) in [7, 11) is 0. The van der Waals surface area contributed by atoms with E-state index in [0.717, 1.165) is 25.7 Å². The van der Waals surface area contributed by atoms with Crippen LogP contribution in [0.15, 0.2) is 0 Å². The zero-order chi connectivity index (χ0) is 9.19. The standard InChI is InChI=1S/C10H21NO/c1-8(2)7-10(12)6-4-3-5-9(10)11/h8-9,12H,3-7,11H2,1-2H3. The van der Waals surface area contributed by atoms with Crippen LogP contribution in [-0.2, 0) is 0 Å². The number of aliphatic hydroxyl groups is 1. The molecular weight excluding hydrogens is 150 g/mol. The molecule has 72 valence electrons. The van der Waals surface area contributed by atoms with Crippen LogP contribution in [-0.4, -0.2) is 16.7 Å². The number of hydrogen-bond acceptors (Lipinski definition) is 2. The highest BCUT2D eigenvalue weighted by Gasteiger charge is 2.36. The molecule has 3 N–H and O–H groups in total. The summed E-state index contributed by atoms with van der Waals surface area (Å²) in [5.74, 6) is 0.541. The summed E-state index contributed by atoms with van der Waals surface area (Å²) in [5, 5.41) is 10.2. The first kappa shape index (κ1) is 10.0. The first-order chi connectivity index (χ1) is 5.54. The minimum absolute atomic E-state index is 0.00801. The van der Waals surface area contributed by atoms with Gasteiger partial charge in [-0.3, -0.25) is 0 Å². The molecule has 2 unspecified atom stereocenters. The van der Waals surface area contributed by atoms with Gasteiger partial charge in [0.1, 0.15) is 0 Å². The summed E-state index contributed by atoms with van der Waals surface area (Å²) >= 11 is 0. The van der Waals surface area contributed by atoms with Gasteiger partial charge >= 0.3 is 0 Å². The third-order valence-electron chi connectivity index (χ3n) is 2.83. The minimum Gasteiger partial charge on any atom is -0.388 e. The van der Waals surface area contributed by atoms with Gasteiger partial charge in [0.2, 0.25) is 0 Å². The van der Waals surface area contributed by atoms with Crippen LogP contribution in [0.2, 0.25) is 0 Å². The van der Waals surface area contributed by atoms with Gasteiger partial charge in [0.15, 0.2) is 0 Å². The van der Waals surface area contributed by atoms with Crippen molar-refractivity contribution in [2.24, 2.45) is 11.7 Å². The molecular formula is C10H21NO. The quantitative estimate of drug-likeness (QED) is 0.664. The van der Waals surface area contributed by atoms with Crippen molar-refractivity contribution in [2.75, 3.05) is 0 Å². The molecule has 2 atom stereocenters. The highest BCUT2D eigenvalue weighted by Crippen LogP contribution is 2.32. The Labute approximate surface area is 75.2 Å². The zero-order valence-electron chi connectivity index (χ0n) is 8.21. The summed E-state index contributed by atoms with van der Waals surface area (Å²) in [6.45, 7) is 4.28. The molecule has 0 saturated heterocycles. The maximum absolute atomic E-state index is 10.2. The second-order valence-electron chi connectivity index (χ2n) is 4.55. The summed E-state index contributed by atoms with van der Waals surface area (Å²) in [5.41, 5.74) is 5.35. The fourth-order valence-electron chi connectivity index (χ4n) is 2.21. The Balaban J connectivity index is 2.53. The summed E-state index contributed by atoms with van der Waals surface area (Å²) in [6.07, 6.45) is 5.06. The normalized spacial score (nSPS) is 37.2. The fraction of sp³-hybridized carbons (Fsp3) is 1.00. The van der Waals surface area contributed by atoms with Crippen LogP contribution >= 0.6 is 0 Å². The highest BCUT2D eigenvalue weighted by atomic mass is 16.3. The Morgan fingerprint density at radius 1 is 1.50 bits per heavy atom. The molecule has 0 aromatic rings. The number of nitrogens with two attached hydrogens (primary N) is 1. The van der Waals surface area contributed by atoms with E-state index in [1.165, 1.54) is 6.42 Å². The van der Waals surface area contributed by atoms with Crippen LogP contribution in [0.25, 0.3) is 0 Å². The molecule has 12 heavy (non-hydrogen) atoms. The van der Waals surface area contributed by atoms with E-state index < -0.39 is 5.60 Å². The molecule has 0 aromatic heterocycles. The Morgan fingerprint density at radius 3 is 2.67 bits per heavy atom. The Kier molecular flexibility index (Phi) is 3.13. The molecule has 1 aliphatic rings. The minimum atomic E-state index is -0.563. The van der Waals surface area contributed by atoms with Crippen molar-refractivity contribution in [2.45, 2.75) is 57.6 Å². The third kappa shape index (κ3) is 2.20. The summed E-state index contributed by atoms with van der Waals surface area (Å²) < 4.78 is 0. The van der Waals surface area contributed by atoms with E-state index in [9.17, 15) is 5.11 Å². The largest absolute Gasteiger partial charge is 0.388 e. The van der Waals surface area contributed by atoms with Crippen LogP contribution in [0.4, 0.5) is 0 Å². The van der Waals surface area contributed by atoms with Crippen molar-refractivity contribution < 1.29 is 5.11 Å². The second kappa shape index (κ2) is 3.75. The molecule has 0 amide bonds. The van der Waals surface area contributed by atoms with Crippen LogP contribution in [0, 0.1) is 5.92 Å². The molecule has 0 aromatic carbocycles. The topological polar surface area (TPSA) is 46.2 Å². The van der Waals surface area contributed by atoms with Gasteiger partial charge in [-0.2, -0.15) is 0 Å². The molecule has 1 fully saturated rings. The lowest BCUT2D eigenvalue weighted by Crippen LogP contribution is -2.50. The van der Waals surface area contributed by atoms with Crippen molar-refractivity contribution in [1.29, 1.82) is 0 Å². The average Bonchev–Trinajstić information content (AvgIpc) is 1.94. The van der Waals surface area contributed by atoms with Gasteiger partial charge < -0.3 is 10.8 Å². The molecule has 1 rings (SSSR count). The molecule has 0 bridgehead atoms. The number of rotatable bonds is 2. The highest BCUT2D eigenvalue weighted by molar-refractivity contribution is 4.93. The molecule has 0 radical (unpaired) electrons. The van der Waals surface area contributed by atoms with Gasteiger partial charge in [0, 0.05) is 6.04 Å². The summed E-state index contributed by atoms with van der Waals surface area (Å²) in [4.78, 5) is 0. The molecule has 2 heteroatoms.